The SMILES string of the molecule is O=[N+]([O-])c1cc(F)ccc1Nc1ccc2ncsc2c1. The third-order valence-electron chi connectivity index (χ3n) is 2.77. The summed E-state index contributed by atoms with van der Waals surface area (Å²) in [4.78, 5) is 14.5. The van der Waals surface area contributed by atoms with E-state index in [-0.39, 0.29) is 11.4 Å². The Morgan fingerprint density at radius 3 is 2.90 bits per heavy atom. The van der Waals surface area contributed by atoms with Crippen LogP contribution in [0.25, 0.3) is 10.2 Å². The van der Waals surface area contributed by atoms with Gasteiger partial charge in [0.25, 0.3) is 5.69 Å². The highest BCUT2D eigenvalue weighted by Crippen LogP contribution is 2.30. The van der Waals surface area contributed by atoms with Crippen LogP contribution in [0.3, 0.4) is 0 Å². The molecular formula is C13H8FN3O2S. The molecule has 20 heavy (non-hydrogen) atoms. The second-order valence-corrected chi connectivity index (χ2v) is 4.96. The highest BCUT2D eigenvalue weighted by Gasteiger charge is 2.15. The maximum absolute atomic E-state index is 13.1. The summed E-state index contributed by atoms with van der Waals surface area (Å²) in [5.74, 6) is -0.639. The van der Waals surface area contributed by atoms with Crippen LogP contribution in [0, 0.1) is 15.9 Å². The second-order valence-electron chi connectivity index (χ2n) is 4.08. The number of nitrogens with one attached hydrogen (secondary N) is 1. The van der Waals surface area contributed by atoms with E-state index in [0.717, 1.165) is 16.3 Å². The summed E-state index contributed by atoms with van der Waals surface area (Å²) in [6.45, 7) is 0. The van der Waals surface area contributed by atoms with Gasteiger partial charge in [0.1, 0.15) is 11.5 Å². The van der Waals surface area contributed by atoms with Gasteiger partial charge in [0.2, 0.25) is 0 Å². The molecule has 100 valence electrons. The maximum Gasteiger partial charge on any atom is 0.295 e. The van der Waals surface area contributed by atoms with Crippen molar-refractivity contribution in [3.05, 3.63) is 57.8 Å². The van der Waals surface area contributed by atoms with Crippen molar-refractivity contribution in [2.24, 2.45) is 0 Å². The minimum absolute atomic E-state index is 0.250. The lowest BCUT2D eigenvalue weighted by atomic mass is 10.2. The van der Waals surface area contributed by atoms with Gasteiger partial charge in [0.05, 0.1) is 26.7 Å². The highest BCUT2D eigenvalue weighted by molar-refractivity contribution is 7.16. The summed E-state index contributed by atoms with van der Waals surface area (Å²) in [5.41, 5.74) is 3.25. The minimum atomic E-state index is -0.639. The van der Waals surface area contributed by atoms with Gasteiger partial charge in [-0.25, -0.2) is 9.37 Å². The Morgan fingerprint density at radius 2 is 2.10 bits per heavy atom. The number of fused-ring (bicyclic) bond motifs is 1. The number of thiazole rings is 1. The van der Waals surface area contributed by atoms with E-state index in [4.69, 9.17) is 0 Å². The molecular weight excluding hydrogens is 281 g/mol. The first-order valence-corrected chi connectivity index (χ1v) is 6.56. The average molecular weight is 289 g/mol. The molecule has 5 nitrogen and oxygen atoms in total. The molecule has 0 saturated carbocycles. The average Bonchev–Trinajstić information content (AvgIpc) is 2.88. The number of benzene rings is 2. The van der Waals surface area contributed by atoms with Crippen molar-refractivity contribution in [3.8, 4) is 0 Å². The van der Waals surface area contributed by atoms with Gasteiger partial charge >= 0.3 is 0 Å². The topological polar surface area (TPSA) is 68.1 Å². The van der Waals surface area contributed by atoms with Crippen molar-refractivity contribution < 1.29 is 9.31 Å². The van der Waals surface area contributed by atoms with E-state index < -0.39 is 10.7 Å². The number of hydrogen-bond acceptors (Lipinski definition) is 5. The van der Waals surface area contributed by atoms with Gasteiger partial charge in [-0.1, -0.05) is 0 Å². The molecule has 2 aromatic carbocycles. The molecule has 1 aromatic heterocycles. The molecule has 0 aliphatic heterocycles. The quantitative estimate of drug-likeness (QED) is 0.582. The van der Waals surface area contributed by atoms with Crippen LogP contribution in [0.2, 0.25) is 0 Å². The standard InChI is InChI=1S/C13H8FN3O2S/c14-8-1-3-10(12(5-8)17(18)19)16-9-2-4-11-13(6-9)20-7-15-11/h1-7,16H. The number of rotatable bonds is 3. The zero-order valence-corrected chi connectivity index (χ0v) is 10.9. The second kappa shape index (κ2) is 4.86. The monoisotopic (exact) mass is 289 g/mol. The fourth-order valence-electron chi connectivity index (χ4n) is 1.85. The van der Waals surface area contributed by atoms with E-state index in [1.54, 1.807) is 11.6 Å². The van der Waals surface area contributed by atoms with Gasteiger partial charge in [-0.3, -0.25) is 10.1 Å². The predicted octanol–water partition coefficient (Wildman–Crippen LogP) is 4.09. The Bertz CT molecular complexity index is 803. The first kappa shape index (κ1) is 12.5. The number of anilines is 2. The number of hydrogen-bond donors (Lipinski definition) is 1. The van der Waals surface area contributed by atoms with Gasteiger partial charge in [-0.2, -0.15) is 0 Å². The summed E-state index contributed by atoms with van der Waals surface area (Å²) in [6, 6.07) is 8.87. The summed E-state index contributed by atoms with van der Waals surface area (Å²) >= 11 is 1.48. The Morgan fingerprint density at radius 1 is 1.25 bits per heavy atom. The molecule has 0 fully saturated rings. The maximum atomic E-state index is 13.1. The fourth-order valence-corrected chi connectivity index (χ4v) is 2.57. The van der Waals surface area contributed by atoms with Crippen LogP contribution in [0.1, 0.15) is 0 Å². The van der Waals surface area contributed by atoms with Crippen molar-refractivity contribution in [1.82, 2.24) is 4.98 Å². The zero-order chi connectivity index (χ0) is 14.1. The van der Waals surface area contributed by atoms with E-state index in [1.165, 1.54) is 23.5 Å². The molecule has 7 heteroatoms. The predicted molar refractivity (Wildman–Crippen MR) is 76.0 cm³/mol. The molecule has 1 heterocycles. The molecule has 0 aliphatic rings. The lowest BCUT2D eigenvalue weighted by molar-refractivity contribution is -0.384. The van der Waals surface area contributed by atoms with Crippen molar-refractivity contribution >= 4 is 38.6 Å². The van der Waals surface area contributed by atoms with Crippen molar-refractivity contribution in [3.63, 3.8) is 0 Å². The molecule has 0 unspecified atom stereocenters. The third-order valence-corrected chi connectivity index (χ3v) is 3.56. The molecule has 0 radical (unpaired) electrons. The Hall–Kier alpha value is -2.54. The van der Waals surface area contributed by atoms with E-state index in [1.807, 2.05) is 12.1 Å². The van der Waals surface area contributed by atoms with Crippen LogP contribution in [0.15, 0.2) is 41.9 Å². The van der Waals surface area contributed by atoms with Crippen LogP contribution in [-0.4, -0.2) is 9.91 Å². The Labute approximate surface area is 116 Å². The first-order chi connectivity index (χ1) is 9.63. The summed E-state index contributed by atoms with van der Waals surface area (Å²) in [6.07, 6.45) is 0. The lowest BCUT2D eigenvalue weighted by Gasteiger charge is -2.07. The van der Waals surface area contributed by atoms with E-state index in [2.05, 4.69) is 10.3 Å². The smallest absolute Gasteiger partial charge is 0.295 e. The Kier molecular flexibility index (Phi) is 3.03. The van der Waals surface area contributed by atoms with Gasteiger partial charge in [0.15, 0.2) is 0 Å². The van der Waals surface area contributed by atoms with Crippen LogP contribution in [0.5, 0.6) is 0 Å². The van der Waals surface area contributed by atoms with Crippen LogP contribution < -0.4 is 5.32 Å². The largest absolute Gasteiger partial charge is 0.350 e. The van der Waals surface area contributed by atoms with Crippen molar-refractivity contribution in [1.29, 1.82) is 0 Å². The zero-order valence-electron chi connectivity index (χ0n) is 10.0. The molecule has 0 spiro atoms. The lowest BCUT2D eigenvalue weighted by Crippen LogP contribution is -1.97. The first-order valence-electron chi connectivity index (χ1n) is 5.68. The van der Waals surface area contributed by atoms with E-state index in [9.17, 15) is 14.5 Å². The number of aromatic nitrogens is 1. The summed E-state index contributed by atoms with van der Waals surface area (Å²) in [7, 11) is 0. The molecule has 0 bridgehead atoms. The normalized spacial score (nSPS) is 10.7. The molecule has 0 aliphatic carbocycles. The molecule has 0 amide bonds. The summed E-state index contributed by atoms with van der Waals surface area (Å²) in [5, 5.41) is 13.9. The number of nitro benzene ring substituents is 1. The fraction of sp³-hybridized carbons (Fsp3) is 0. The Balaban J connectivity index is 1.99. The van der Waals surface area contributed by atoms with Crippen LogP contribution in [-0.2, 0) is 0 Å². The van der Waals surface area contributed by atoms with Gasteiger partial charge in [0, 0.05) is 5.69 Å². The molecule has 3 rings (SSSR count). The third kappa shape index (κ3) is 2.30. The molecule has 0 saturated heterocycles. The van der Waals surface area contributed by atoms with Gasteiger partial charge in [-0.05, 0) is 30.3 Å². The highest BCUT2D eigenvalue weighted by atomic mass is 32.1. The van der Waals surface area contributed by atoms with E-state index in [0.29, 0.717) is 5.69 Å². The van der Waals surface area contributed by atoms with Gasteiger partial charge < -0.3 is 5.32 Å². The van der Waals surface area contributed by atoms with Gasteiger partial charge in [-0.15, -0.1) is 11.3 Å². The molecule has 3 aromatic rings. The number of nitrogens with zero attached hydrogens (tertiary/aromatic N) is 2. The molecule has 0 atom stereocenters. The molecule has 1 N–H and O–H groups in total. The summed E-state index contributed by atoms with van der Waals surface area (Å²) < 4.78 is 14.0. The van der Waals surface area contributed by atoms with Crippen LogP contribution in [0.4, 0.5) is 21.5 Å². The number of halogens is 1. The number of nitro groups is 1. The van der Waals surface area contributed by atoms with Crippen LogP contribution >= 0.6 is 11.3 Å². The van der Waals surface area contributed by atoms with Crippen molar-refractivity contribution in [2.45, 2.75) is 0 Å². The van der Waals surface area contributed by atoms with E-state index >= 15 is 0 Å². The van der Waals surface area contributed by atoms with Crippen molar-refractivity contribution in [2.75, 3.05) is 5.32 Å². The minimum Gasteiger partial charge on any atom is -0.350 e.